The van der Waals surface area contributed by atoms with E-state index in [-0.39, 0.29) is 53.4 Å². The van der Waals surface area contributed by atoms with Crippen LogP contribution in [0.3, 0.4) is 0 Å². The molecule has 3 amide bonds. The normalized spacial score (nSPS) is 14.5. The summed E-state index contributed by atoms with van der Waals surface area (Å²) in [5, 5.41) is 15.2. The summed E-state index contributed by atoms with van der Waals surface area (Å²) in [6.45, 7) is 13.2. The summed E-state index contributed by atoms with van der Waals surface area (Å²) in [5.74, 6) is -1.43. The van der Waals surface area contributed by atoms with Crippen molar-refractivity contribution in [2.24, 2.45) is 5.92 Å². The molecular formula is C50H53Br2N7O7S2. The maximum atomic E-state index is 13.6. The molecule has 0 radical (unpaired) electrons. The molecule has 2 aromatic carbocycles. The summed E-state index contributed by atoms with van der Waals surface area (Å²) < 4.78 is 6.46. The van der Waals surface area contributed by atoms with Gasteiger partial charge in [-0.1, -0.05) is 90.1 Å². The number of nitrogens with one attached hydrogen (secondary N) is 2. The highest BCUT2D eigenvalue weighted by Gasteiger charge is 2.36. The second-order valence-corrected chi connectivity index (χ2v) is 22.3. The number of carbonyl (C=O) groups excluding carboxylic acids is 4. The Morgan fingerprint density at radius 3 is 1.47 bits per heavy atom. The Hall–Kier alpha value is -5.69. The average Bonchev–Trinajstić information content (AvgIpc) is 4.12. The zero-order chi connectivity index (χ0) is 49.3. The van der Waals surface area contributed by atoms with Crippen molar-refractivity contribution < 1.29 is 33.8 Å². The molecule has 7 rings (SSSR count). The van der Waals surface area contributed by atoms with Gasteiger partial charge in [0.1, 0.15) is 12.1 Å². The minimum Gasteiger partial charge on any atom is -0.480 e. The molecule has 3 N–H and O–H groups in total. The largest absolute Gasteiger partial charge is 0.480 e. The van der Waals surface area contributed by atoms with Crippen LogP contribution in [-0.2, 0) is 42.8 Å². The lowest BCUT2D eigenvalue weighted by Gasteiger charge is -2.24. The van der Waals surface area contributed by atoms with Gasteiger partial charge in [-0.25, -0.2) is 24.7 Å². The lowest BCUT2D eigenvalue weighted by molar-refractivity contribution is -0.145. The van der Waals surface area contributed by atoms with Gasteiger partial charge in [-0.3, -0.25) is 19.2 Å². The Morgan fingerprint density at radius 1 is 0.676 bits per heavy atom. The number of aliphatic carboxylic acids is 1. The van der Waals surface area contributed by atoms with Crippen molar-refractivity contribution in [3.8, 4) is 22.8 Å². The molecule has 1 aliphatic rings. The molecule has 1 unspecified atom stereocenters. The Balaban J connectivity index is 0.000000230. The SMILES string of the molecule is CC(C)(C)c1ccc(C(=O)N[C@@H](Cc2ccc(-c3ncc(Br)cn3)cc2)C(=O)O)s1.COC(=O)C1CCN(C(=O)[C@H](Cc2ccc(-c3ncc(Br)cn3)cc2)NC(=O)c2ccc(C(C)(C)C)s2)C1. The Bertz CT molecular complexity index is 2710. The van der Waals surface area contributed by atoms with Gasteiger partial charge in [0, 0.05) is 71.6 Å². The number of rotatable bonds is 13. The van der Waals surface area contributed by atoms with Gasteiger partial charge in [-0.15, -0.1) is 22.7 Å². The molecule has 1 fully saturated rings. The van der Waals surface area contributed by atoms with Crippen LogP contribution in [0.5, 0.6) is 0 Å². The van der Waals surface area contributed by atoms with Gasteiger partial charge in [0.2, 0.25) is 5.91 Å². The highest BCUT2D eigenvalue weighted by Crippen LogP contribution is 2.31. The third-order valence-corrected chi connectivity index (χ3v) is 14.8. The van der Waals surface area contributed by atoms with Crippen molar-refractivity contribution in [1.29, 1.82) is 0 Å². The number of carboxylic acids is 1. The van der Waals surface area contributed by atoms with E-state index >= 15 is 0 Å². The van der Waals surface area contributed by atoms with Crippen LogP contribution in [0.4, 0.5) is 0 Å². The van der Waals surface area contributed by atoms with Gasteiger partial charge in [-0.05, 0) is 84.5 Å². The fourth-order valence-corrected chi connectivity index (χ4v) is 9.44. The van der Waals surface area contributed by atoms with Crippen LogP contribution in [0, 0.1) is 5.92 Å². The van der Waals surface area contributed by atoms with E-state index in [2.05, 4.69) is 104 Å². The molecule has 1 saturated heterocycles. The number of carbonyl (C=O) groups is 5. The number of benzene rings is 2. The van der Waals surface area contributed by atoms with E-state index < -0.39 is 18.1 Å². The number of carboxylic acid groups (broad SMARTS) is 1. The monoisotopic (exact) mass is 1090 g/mol. The van der Waals surface area contributed by atoms with Crippen LogP contribution in [0.2, 0.25) is 0 Å². The van der Waals surface area contributed by atoms with Crippen LogP contribution in [0.25, 0.3) is 22.8 Å². The number of halogens is 2. The summed E-state index contributed by atoms with van der Waals surface area (Å²) in [7, 11) is 1.35. The van der Waals surface area contributed by atoms with Gasteiger partial charge < -0.3 is 25.4 Å². The minimum absolute atomic E-state index is 0.0598. The van der Waals surface area contributed by atoms with E-state index in [0.29, 0.717) is 40.8 Å². The standard InChI is InChI=1S/C28H31BrN4O4S.C22H22BrN3O3S/c1-28(2,3)23-10-9-22(38-23)25(34)32-21(26(35)33-12-11-19(16-33)27(36)37-4)13-17-5-7-18(8-6-17)24-30-14-20(29)15-31-24;1-22(2,3)18-9-8-17(30-18)20(27)26-16(21(28)29)10-13-4-6-14(7-5-13)19-24-11-15(23)12-25-19/h5-10,14-15,19,21H,11-13,16H2,1-4H3,(H,32,34);4-9,11-12,16H,10H2,1-3H3,(H,26,27)(H,28,29)/t19?,21-;16-/m00/s1. The first-order valence-electron chi connectivity index (χ1n) is 21.7. The number of methoxy groups -OCH3 is 1. The fourth-order valence-electron chi connectivity index (χ4n) is 7.10. The predicted octanol–water partition coefficient (Wildman–Crippen LogP) is 9.32. The lowest BCUT2D eigenvalue weighted by atomic mass is 9.95. The second kappa shape index (κ2) is 22.6. The Morgan fingerprint density at radius 2 is 1.09 bits per heavy atom. The average molecular weight is 1090 g/mol. The van der Waals surface area contributed by atoms with Crippen molar-refractivity contribution in [3.05, 3.63) is 137 Å². The maximum absolute atomic E-state index is 13.6. The summed E-state index contributed by atoms with van der Waals surface area (Å²) in [6.07, 6.45) is 7.75. The van der Waals surface area contributed by atoms with E-state index in [1.165, 1.54) is 29.8 Å². The number of thiophene rings is 2. The molecule has 5 heterocycles. The van der Waals surface area contributed by atoms with Gasteiger partial charge >= 0.3 is 11.9 Å². The predicted molar refractivity (Wildman–Crippen MR) is 271 cm³/mol. The number of ether oxygens (including phenoxy) is 1. The summed E-state index contributed by atoms with van der Waals surface area (Å²) in [5.41, 5.74) is 3.23. The first kappa shape index (κ1) is 51.7. The zero-order valence-electron chi connectivity index (χ0n) is 38.7. The van der Waals surface area contributed by atoms with Crippen molar-refractivity contribution in [2.45, 2.75) is 83.7 Å². The summed E-state index contributed by atoms with van der Waals surface area (Å²) in [6, 6.07) is 20.6. The van der Waals surface area contributed by atoms with Crippen LogP contribution >= 0.6 is 54.5 Å². The molecule has 18 heteroatoms. The van der Waals surface area contributed by atoms with Crippen LogP contribution in [0.15, 0.2) is 107 Å². The van der Waals surface area contributed by atoms with Crippen molar-refractivity contribution in [3.63, 3.8) is 0 Å². The number of esters is 1. The number of likely N-dealkylation sites (tertiary alicyclic amines) is 1. The van der Waals surface area contributed by atoms with Crippen LogP contribution < -0.4 is 10.6 Å². The zero-order valence-corrected chi connectivity index (χ0v) is 43.5. The molecule has 3 atom stereocenters. The molecule has 0 saturated carbocycles. The Labute approximate surface area is 420 Å². The van der Waals surface area contributed by atoms with E-state index in [1.807, 2.05) is 60.7 Å². The maximum Gasteiger partial charge on any atom is 0.326 e. The molecule has 356 valence electrons. The highest BCUT2D eigenvalue weighted by atomic mass is 79.9. The van der Waals surface area contributed by atoms with E-state index in [1.54, 1.807) is 41.8 Å². The Kier molecular flexibility index (Phi) is 17.2. The fraction of sp³-hybridized carbons (Fsp3) is 0.340. The van der Waals surface area contributed by atoms with Gasteiger partial charge in [0.25, 0.3) is 11.8 Å². The number of aromatic nitrogens is 4. The third-order valence-electron chi connectivity index (χ3n) is 10.9. The summed E-state index contributed by atoms with van der Waals surface area (Å²) >= 11 is 9.46. The number of hydrogen-bond donors (Lipinski definition) is 3. The topological polar surface area (TPSA) is 194 Å². The molecule has 14 nitrogen and oxygen atoms in total. The van der Waals surface area contributed by atoms with Gasteiger partial charge in [-0.2, -0.15) is 0 Å². The van der Waals surface area contributed by atoms with Crippen molar-refractivity contribution >= 4 is 84.2 Å². The van der Waals surface area contributed by atoms with Crippen molar-refractivity contribution in [1.82, 2.24) is 35.5 Å². The van der Waals surface area contributed by atoms with E-state index in [9.17, 15) is 29.1 Å². The molecule has 0 spiro atoms. The van der Waals surface area contributed by atoms with Crippen molar-refractivity contribution in [2.75, 3.05) is 20.2 Å². The number of nitrogens with zero attached hydrogens (tertiary/aromatic N) is 5. The molecular weight excluding hydrogens is 1030 g/mol. The molecule has 4 aromatic heterocycles. The van der Waals surface area contributed by atoms with Crippen LogP contribution in [-0.4, -0.2) is 91.9 Å². The smallest absolute Gasteiger partial charge is 0.326 e. The molecule has 0 bridgehead atoms. The number of hydrogen-bond acceptors (Lipinski definition) is 12. The minimum atomic E-state index is -1.07. The quantitative estimate of drug-likeness (QED) is 0.0934. The van der Waals surface area contributed by atoms with Crippen LogP contribution in [0.1, 0.15) is 88.2 Å². The second-order valence-electron chi connectivity index (χ2n) is 18.3. The van der Waals surface area contributed by atoms with E-state index in [0.717, 1.165) is 41.0 Å². The molecule has 0 aliphatic carbocycles. The van der Waals surface area contributed by atoms with E-state index in [4.69, 9.17) is 4.74 Å². The lowest BCUT2D eigenvalue weighted by Crippen LogP contribution is -2.49. The first-order valence-corrected chi connectivity index (χ1v) is 25.0. The molecule has 6 aromatic rings. The highest BCUT2D eigenvalue weighted by molar-refractivity contribution is 9.10. The van der Waals surface area contributed by atoms with Gasteiger partial charge in [0.15, 0.2) is 11.6 Å². The van der Waals surface area contributed by atoms with Gasteiger partial charge in [0.05, 0.1) is 31.7 Å². The molecule has 1 aliphatic heterocycles. The third kappa shape index (κ3) is 14.0. The number of amides is 3. The summed E-state index contributed by atoms with van der Waals surface area (Å²) in [4.78, 5) is 85.2. The molecule has 68 heavy (non-hydrogen) atoms. The first-order chi connectivity index (χ1) is 32.2.